The molecule has 0 bridgehead atoms. The molecule has 1 unspecified atom stereocenters. The van der Waals surface area contributed by atoms with Crippen molar-refractivity contribution in [3.63, 3.8) is 0 Å². The van der Waals surface area contributed by atoms with E-state index >= 15 is 0 Å². The molecule has 28 heavy (non-hydrogen) atoms. The van der Waals surface area contributed by atoms with Crippen LogP contribution in [0, 0.1) is 6.92 Å². The van der Waals surface area contributed by atoms with Crippen LogP contribution in [-0.4, -0.2) is 60.1 Å². The first kappa shape index (κ1) is 19.2. The van der Waals surface area contributed by atoms with Gasteiger partial charge >= 0.3 is 0 Å². The molecule has 0 aliphatic carbocycles. The van der Waals surface area contributed by atoms with E-state index in [1.807, 2.05) is 30.3 Å². The zero-order valence-electron chi connectivity index (χ0n) is 16.1. The van der Waals surface area contributed by atoms with Gasteiger partial charge in [-0.15, -0.1) is 0 Å². The second kappa shape index (κ2) is 8.11. The van der Waals surface area contributed by atoms with Crippen LogP contribution in [0.2, 0.25) is 5.02 Å². The van der Waals surface area contributed by atoms with Crippen molar-refractivity contribution >= 4 is 23.2 Å². The van der Waals surface area contributed by atoms with Crippen LogP contribution in [0.5, 0.6) is 0 Å². The number of hydrogen-bond acceptors (Lipinski definition) is 4. The molecular formula is C22H26ClN3O2. The highest BCUT2D eigenvalue weighted by Gasteiger charge is 2.34. The van der Waals surface area contributed by atoms with Crippen molar-refractivity contribution in [3.05, 3.63) is 64.2 Å². The van der Waals surface area contributed by atoms with E-state index < -0.39 is 6.23 Å². The molecule has 2 aliphatic heterocycles. The van der Waals surface area contributed by atoms with Crippen molar-refractivity contribution in [2.45, 2.75) is 19.6 Å². The highest BCUT2D eigenvalue weighted by molar-refractivity contribution is 6.30. The predicted octanol–water partition coefficient (Wildman–Crippen LogP) is 3.31. The third-order valence-corrected chi connectivity index (χ3v) is 6.02. The number of benzene rings is 2. The molecule has 1 fully saturated rings. The summed E-state index contributed by atoms with van der Waals surface area (Å²) in [5.74, 6) is -0.0654. The van der Waals surface area contributed by atoms with Crippen molar-refractivity contribution in [2.24, 2.45) is 0 Å². The van der Waals surface area contributed by atoms with Gasteiger partial charge in [0.1, 0.15) is 0 Å². The van der Waals surface area contributed by atoms with E-state index in [2.05, 4.69) is 22.8 Å². The fourth-order valence-corrected chi connectivity index (χ4v) is 4.34. The van der Waals surface area contributed by atoms with Gasteiger partial charge in [0, 0.05) is 54.6 Å². The topological polar surface area (TPSA) is 47.0 Å². The number of carbonyl (C=O) groups is 1. The number of fused-ring (bicyclic) bond motifs is 1. The fourth-order valence-electron chi connectivity index (χ4n) is 4.17. The molecule has 2 aromatic carbocycles. The summed E-state index contributed by atoms with van der Waals surface area (Å²) >= 11 is 6.16. The van der Waals surface area contributed by atoms with E-state index in [1.54, 1.807) is 11.0 Å². The van der Waals surface area contributed by atoms with Gasteiger partial charge in [0.25, 0.3) is 5.91 Å². The highest BCUT2D eigenvalue weighted by atomic mass is 35.5. The summed E-state index contributed by atoms with van der Waals surface area (Å²) in [6, 6.07) is 13.4. The van der Waals surface area contributed by atoms with Gasteiger partial charge in [0.15, 0.2) is 6.23 Å². The minimum atomic E-state index is -0.814. The lowest BCUT2D eigenvalue weighted by atomic mass is 10.1. The summed E-state index contributed by atoms with van der Waals surface area (Å²) in [5.41, 5.74) is 3.81. The van der Waals surface area contributed by atoms with Crippen LogP contribution in [0.25, 0.3) is 0 Å². The first-order valence-electron chi connectivity index (χ1n) is 9.86. The fraction of sp³-hybridized carbons (Fsp3) is 0.409. The molecule has 1 atom stereocenters. The Kier molecular flexibility index (Phi) is 5.58. The molecular weight excluding hydrogens is 374 g/mol. The molecule has 2 aromatic rings. The smallest absolute Gasteiger partial charge is 0.256 e. The van der Waals surface area contributed by atoms with Gasteiger partial charge < -0.3 is 14.9 Å². The zero-order valence-corrected chi connectivity index (χ0v) is 16.9. The van der Waals surface area contributed by atoms with Crippen LogP contribution in [0.3, 0.4) is 0 Å². The SMILES string of the molecule is Cc1ccc(Cl)cc1N1CCN(CCCN2C(=O)c3ccccc3C2O)CC1. The number of carbonyl (C=O) groups excluding carboxylic acids is 1. The van der Waals surface area contributed by atoms with Crippen molar-refractivity contribution in [2.75, 3.05) is 44.2 Å². The Labute approximate surface area is 171 Å². The molecule has 2 aliphatic rings. The number of aliphatic hydroxyl groups is 1. The van der Waals surface area contributed by atoms with Gasteiger partial charge in [-0.05, 0) is 43.7 Å². The van der Waals surface area contributed by atoms with Crippen LogP contribution in [0.15, 0.2) is 42.5 Å². The van der Waals surface area contributed by atoms with Gasteiger partial charge in [-0.3, -0.25) is 9.69 Å². The summed E-state index contributed by atoms with van der Waals surface area (Å²) in [4.78, 5) is 18.9. The van der Waals surface area contributed by atoms with E-state index in [-0.39, 0.29) is 5.91 Å². The number of hydrogen-bond donors (Lipinski definition) is 1. The number of halogens is 1. The third kappa shape index (κ3) is 3.75. The maximum atomic E-state index is 12.5. The monoisotopic (exact) mass is 399 g/mol. The van der Waals surface area contributed by atoms with Gasteiger partial charge in [-0.25, -0.2) is 0 Å². The number of anilines is 1. The summed E-state index contributed by atoms with van der Waals surface area (Å²) in [6.07, 6.45) is 0.0406. The largest absolute Gasteiger partial charge is 0.369 e. The molecule has 1 amide bonds. The van der Waals surface area contributed by atoms with Crippen molar-refractivity contribution in [1.82, 2.24) is 9.80 Å². The second-order valence-corrected chi connectivity index (χ2v) is 8.01. The summed E-state index contributed by atoms with van der Waals surface area (Å²) in [6.45, 7) is 7.53. The number of rotatable bonds is 5. The van der Waals surface area contributed by atoms with E-state index in [0.29, 0.717) is 12.1 Å². The Balaban J connectivity index is 1.26. The summed E-state index contributed by atoms with van der Waals surface area (Å²) in [5, 5.41) is 11.2. The first-order chi connectivity index (χ1) is 13.5. The third-order valence-electron chi connectivity index (χ3n) is 5.78. The average Bonchev–Trinajstić information content (AvgIpc) is 2.95. The second-order valence-electron chi connectivity index (χ2n) is 7.57. The maximum Gasteiger partial charge on any atom is 0.256 e. The van der Waals surface area contributed by atoms with Crippen LogP contribution in [-0.2, 0) is 0 Å². The Hall–Kier alpha value is -2.08. The molecule has 1 saturated heterocycles. The Morgan fingerprint density at radius 3 is 2.57 bits per heavy atom. The number of aliphatic hydroxyl groups excluding tert-OH is 1. The zero-order chi connectivity index (χ0) is 19.7. The van der Waals surface area contributed by atoms with Crippen LogP contribution in [0.4, 0.5) is 5.69 Å². The standard InChI is InChI=1S/C22H26ClN3O2/c1-16-7-8-17(23)15-20(16)25-13-11-24(12-14-25)9-4-10-26-21(27)18-5-2-3-6-19(18)22(26)28/h2-3,5-8,15,21,27H,4,9-14H2,1H3. The molecule has 5 nitrogen and oxygen atoms in total. The van der Waals surface area contributed by atoms with Crippen molar-refractivity contribution < 1.29 is 9.90 Å². The molecule has 148 valence electrons. The first-order valence-corrected chi connectivity index (χ1v) is 10.2. The van der Waals surface area contributed by atoms with Crippen LogP contribution < -0.4 is 4.90 Å². The minimum absolute atomic E-state index is 0.0654. The molecule has 0 saturated carbocycles. The predicted molar refractivity (Wildman–Crippen MR) is 112 cm³/mol. The molecule has 0 spiro atoms. The number of piperazine rings is 1. The molecule has 0 aromatic heterocycles. The number of amides is 1. The quantitative estimate of drug-likeness (QED) is 0.837. The number of aryl methyl sites for hydroxylation is 1. The molecule has 6 heteroatoms. The normalized spacial score (nSPS) is 20.0. The lowest BCUT2D eigenvalue weighted by Gasteiger charge is -2.37. The average molecular weight is 400 g/mol. The summed E-state index contributed by atoms with van der Waals surface area (Å²) < 4.78 is 0. The van der Waals surface area contributed by atoms with Crippen molar-refractivity contribution in [1.29, 1.82) is 0 Å². The lowest BCUT2D eigenvalue weighted by molar-refractivity contribution is 0.0160. The van der Waals surface area contributed by atoms with E-state index in [1.165, 1.54) is 11.3 Å². The van der Waals surface area contributed by atoms with Gasteiger partial charge in [0.05, 0.1) is 0 Å². The van der Waals surface area contributed by atoms with Crippen LogP contribution in [0.1, 0.15) is 34.1 Å². The van der Waals surface area contributed by atoms with Crippen LogP contribution >= 0.6 is 11.6 Å². The number of nitrogens with zero attached hydrogens (tertiary/aromatic N) is 3. The van der Waals surface area contributed by atoms with E-state index in [0.717, 1.165) is 49.7 Å². The highest BCUT2D eigenvalue weighted by Crippen LogP contribution is 2.31. The van der Waals surface area contributed by atoms with Gasteiger partial charge in [-0.1, -0.05) is 35.9 Å². The Bertz CT molecular complexity index is 865. The lowest BCUT2D eigenvalue weighted by Crippen LogP contribution is -2.47. The van der Waals surface area contributed by atoms with E-state index in [9.17, 15) is 9.90 Å². The van der Waals surface area contributed by atoms with Crippen molar-refractivity contribution in [3.8, 4) is 0 Å². The Morgan fingerprint density at radius 1 is 1.07 bits per heavy atom. The molecule has 0 radical (unpaired) electrons. The molecule has 2 heterocycles. The van der Waals surface area contributed by atoms with Gasteiger partial charge in [0.2, 0.25) is 0 Å². The Morgan fingerprint density at radius 2 is 1.82 bits per heavy atom. The van der Waals surface area contributed by atoms with Gasteiger partial charge in [-0.2, -0.15) is 0 Å². The molecule has 1 N–H and O–H groups in total. The molecule has 4 rings (SSSR count). The van der Waals surface area contributed by atoms with E-state index in [4.69, 9.17) is 11.6 Å². The minimum Gasteiger partial charge on any atom is -0.369 e. The maximum absolute atomic E-state index is 12.5. The summed E-state index contributed by atoms with van der Waals surface area (Å²) in [7, 11) is 0.